The summed E-state index contributed by atoms with van der Waals surface area (Å²) in [4.78, 5) is 31.7. The zero-order chi connectivity index (χ0) is 23.2. The number of likely N-dealkylation sites (N-methyl/N-ethyl adjacent to an activating group) is 1. The number of hydrogen-bond donors (Lipinski definition) is 3. The highest BCUT2D eigenvalue weighted by Gasteiger charge is 2.31. The molecule has 172 valence electrons. The van der Waals surface area contributed by atoms with Gasteiger partial charge in [-0.15, -0.1) is 11.3 Å². The van der Waals surface area contributed by atoms with E-state index in [0.717, 1.165) is 47.4 Å². The summed E-state index contributed by atoms with van der Waals surface area (Å²) in [7, 11) is 1.75. The second-order valence-corrected chi connectivity index (χ2v) is 9.47. The summed E-state index contributed by atoms with van der Waals surface area (Å²) in [6.07, 6.45) is 3.62. The van der Waals surface area contributed by atoms with E-state index >= 15 is 0 Å². The highest BCUT2D eigenvalue weighted by atomic mass is 32.1. The Kier molecular flexibility index (Phi) is 7.52. The van der Waals surface area contributed by atoms with Crippen molar-refractivity contribution in [3.8, 4) is 0 Å². The Morgan fingerprint density at radius 3 is 2.24 bits per heavy atom. The van der Waals surface area contributed by atoms with Crippen molar-refractivity contribution in [2.24, 2.45) is 0 Å². The van der Waals surface area contributed by atoms with Crippen LogP contribution in [0.5, 0.6) is 0 Å². The van der Waals surface area contributed by atoms with Crippen LogP contribution in [0.4, 0.5) is 5.13 Å². The molecular weight excluding hydrogens is 432 g/mol. The molecule has 6 nitrogen and oxygen atoms in total. The molecule has 2 atom stereocenters. The largest absolute Gasteiger partial charge is 0.345 e. The SMILES string of the molecule is CN[C@@H](C)C(=O)Nc1nc2c(s1)CCCCC2C(=O)NC(c1ccccc1)c1ccccc1. The van der Waals surface area contributed by atoms with Crippen molar-refractivity contribution in [1.82, 2.24) is 15.6 Å². The highest BCUT2D eigenvalue weighted by molar-refractivity contribution is 7.15. The van der Waals surface area contributed by atoms with Crippen molar-refractivity contribution in [2.45, 2.75) is 50.6 Å². The van der Waals surface area contributed by atoms with Gasteiger partial charge in [0.15, 0.2) is 5.13 Å². The minimum absolute atomic E-state index is 0.0253. The molecule has 1 heterocycles. The molecule has 0 aliphatic heterocycles. The number of nitrogens with zero attached hydrogens (tertiary/aromatic N) is 1. The minimum atomic E-state index is -0.332. The molecule has 1 aliphatic rings. The van der Waals surface area contributed by atoms with Crippen molar-refractivity contribution < 1.29 is 9.59 Å². The van der Waals surface area contributed by atoms with E-state index in [0.29, 0.717) is 5.13 Å². The minimum Gasteiger partial charge on any atom is -0.345 e. The van der Waals surface area contributed by atoms with Gasteiger partial charge >= 0.3 is 0 Å². The number of amides is 2. The molecule has 33 heavy (non-hydrogen) atoms. The molecule has 0 saturated carbocycles. The van der Waals surface area contributed by atoms with Crippen LogP contribution >= 0.6 is 11.3 Å². The van der Waals surface area contributed by atoms with Crippen molar-refractivity contribution >= 4 is 28.3 Å². The van der Waals surface area contributed by atoms with Gasteiger partial charge in [0.2, 0.25) is 11.8 Å². The predicted molar refractivity (Wildman–Crippen MR) is 132 cm³/mol. The van der Waals surface area contributed by atoms with E-state index in [1.165, 1.54) is 11.3 Å². The van der Waals surface area contributed by atoms with Gasteiger partial charge in [-0.05, 0) is 44.4 Å². The number of fused-ring (bicyclic) bond motifs is 1. The van der Waals surface area contributed by atoms with Gasteiger partial charge in [0.25, 0.3) is 0 Å². The maximum Gasteiger partial charge on any atom is 0.242 e. The number of anilines is 1. The van der Waals surface area contributed by atoms with Crippen LogP contribution in [0.15, 0.2) is 60.7 Å². The molecule has 3 N–H and O–H groups in total. The summed E-state index contributed by atoms with van der Waals surface area (Å²) >= 11 is 1.49. The lowest BCUT2D eigenvalue weighted by molar-refractivity contribution is -0.123. The number of aromatic nitrogens is 1. The Morgan fingerprint density at radius 2 is 1.64 bits per heavy atom. The predicted octanol–water partition coefficient (Wildman–Crippen LogP) is 4.41. The molecule has 0 bridgehead atoms. The number of carbonyl (C=O) groups excluding carboxylic acids is 2. The number of hydrogen-bond acceptors (Lipinski definition) is 5. The zero-order valence-corrected chi connectivity index (χ0v) is 19.8. The van der Waals surface area contributed by atoms with Crippen LogP contribution in [-0.4, -0.2) is 29.9 Å². The number of carbonyl (C=O) groups is 2. The third-order valence-electron chi connectivity index (χ3n) is 6.13. The van der Waals surface area contributed by atoms with Crippen LogP contribution in [0.3, 0.4) is 0 Å². The Bertz CT molecular complexity index is 1040. The van der Waals surface area contributed by atoms with Crippen LogP contribution in [-0.2, 0) is 16.0 Å². The van der Waals surface area contributed by atoms with E-state index in [9.17, 15) is 9.59 Å². The van der Waals surface area contributed by atoms with Crippen molar-refractivity contribution in [1.29, 1.82) is 0 Å². The molecule has 2 aromatic carbocycles. The van der Waals surface area contributed by atoms with Gasteiger partial charge in [0.1, 0.15) is 0 Å². The van der Waals surface area contributed by atoms with Gasteiger partial charge in [-0.25, -0.2) is 4.98 Å². The molecule has 0 radical (unpaired) electrons. The first-order valence-electron chi connectivity index (χ1n) is 11.4. The Balaban J connectivity index is 1.59. The van der Waals surface area contributed by atoms with Crippen LogP contribution in [0.25, 0.3) is 0 Å². The van der Waals surface area contributed by atoms with Crippen molar-refractivity contribution in [2.75, 3.05) is 12.4 Å². The number of rotatable bonds is 7. The van der Waals surface area contributed by atoms with Crippen LogP contribution in [0.1, 0.15) is 59.8 Å². The number of aryl methyl sites for hydroxylation is 1. The third kappa shape index (κ3) is 5.49. The Hall–Kier alpha value is -3.03. The fourth-order valence-corrected chi connectivity index (χ4v) is 5.20. The molecule has 3 aromatic rings. The standard InChI is InChI=1S/C26H30N4O2S/c1-17(27-2)24(31)30-26-29-23-20(15-9-10-16-21(23)33-26)25(32)28-22(18-11-5-3-6-12-18)19-13-7-4-8-14-19/h3-8,11-14,17,20,22,27H,9-10,15-16H2,1-2H3,(H,28,32)(H,29,30,31)/t17-,20?/m0/s1. The first kappa shape index (κ1) is 23.1. The smallest absolute Gasteiger partial charge is 0.242 e. The first-order valence-corrected chi connectivity index (χ1v) is 12.3. The summed E-state index contributed by atoms with van der Waals surface area (Å²) in [5.41, 5.74) is 2.89. The number of benzene rings is 2. The molecule has 0 saturated heterocycles. The Labute approximate surface area is 198 Å². The van der Waals surface area contributed by atoms with Gasteiger partial charge in [-0.2, -0.15) is 0 Å². The second kappa shape index (κ2) is 10.7. The summed E-state index contributed by atoms with van der Waals surface area (Å²) in [6.45, 7) is 1.80. The van der Waals surface area contributed by atoms with Crippen LogP contribution in [0, 0.1) is 0 Å². The maximum absolute atomic E-state index is 13.6. The van der Waals surface area contributed by atoms with Gasteiger partial charge < -0.3 is 16.0 Å². The van der Waals surface area contributed by atoms with E-state index in [-0.39, 0.29) is 29.8 Å². The topological polar surface area (TPSA) is 83.1 Å². The number of thiazole rings is 1. The highest BCUT2D eigenvalue weighted by Crippen LogP contribution is 2.36. The van der Waals surface area contributed by atoms with E-state index in [1.807, 2.05) is 60.7 Å². The van der Waals surface area contributed by atoms with Crippen molar-refractivity contribution in [3.63, 3.8) is 0 Å². The summed E-state index contributed by atoms with van der Waals surface area (Å²) in [5, 5.41) is 9.69. The molecule has 1 aliphatic carbocycles. The average molecular weight is 463 g/mol. The monoisotopic (exact) mass is 462 g/mol. The zero-order valence-electron chi connectivity index (χ0n) is 19.0. The second-order valence-electron chi connectivity index (χ2n) is 8.39. The molecule has 0 spiro atoms. The summed E-state index contributed by atoms with van der Waals surface area (Å²) in [6, 6.07) is 19.5. The quantitative estimate of drug-likeness (QED) is 0.454. The maximum atomic E-state index is 13.6. The van der Waals surface area contributed by atoms with E-state index in [2.05, 4.69) is 16.0 Å². The van der Waals surface area contributed by atoms with Gasteiger partial charge in [-0.1, -0.05) is 67.1 Å². The summed E-state index contributed by atoms with van der Waals surface area (Å²) in [5.74, 6) is -0.487. The lowest BCUT2D eigenvalue weighted by Gasteiger charge is -2.23. The third-order valence-corrected chi connectivity index (χ3v) is 7.18. The molecule has 1 aromatic heterocycles. The molecule has 4 rings (SSSR count). The van der Waals surface area contributed by atoms with E-state index < -0.39 is 0 Å². The fraction of sp³-hybridized carbons (Fsp3) is 0.346. The summed E-state index contributed by atoms with van der Waals surface area (Å²) < 4.78 is 0. The van der Waals surface area contributed by atoms with Gasteiger partial charge in [0, 0.05) is 4.88 Å². The fourth-order valence-electron chi connectivity index (χ4n) is 4.13. The van der Waals surface area contributed by atoms with Crippen LogP contribution < -0.4 is 16.0 Å². The van der Waals surface area contributed by atoms with Crippen molar-refractivity contribution in [3.05, 3.63) is 82.4 Å². The van der Waals surface area contributed by atoms with Gasteiger partial charge in [-0.3, -0.25) is 9.59 Å². The van der Waals surface area contributed by atoms with E-state index in [1.54, 1.807) is 14.0 Å². The lowest BCUT2D eigenvalue weighted by Crippen LogP contribution is -2.35. The van der Waals surface area contributed by atoms with Crippen LogP contribution in [0.2, 0.25) is 0 Å². The molecule has 0 fully saturated rings. The normalized spacial score (nSPS) is 16.5. The average Bonchev–Trinajstić information content (AvgIpc) is 3.13. The number of nitrogens with one attached hydrogen (secondary N) is 3. The van der Waals surface area contributed by atoms with E-state index in [4.69, 9.17) is 4.98 Å². The molecule has 1 unspecified atom stereocenters. The Morgan fingerprint density at radius 1 is 1.00 bits per heavy atom. The van der Waals surface area contributed by atoms with Gasteiger partial charge in [0.05, 0.1) is 23.7 Å². The first-order chi connectivity index (χ1) is 16.1. The molecule has 7 heteroatoms. The lowest BCUT2D eigenvalue weighted by atomic mass is 9.95. The molecular formula is C26H30N4O2S. The molecule has 2 amide bonds.